The van der Waals surface area contributed by atoms with Gasteiger partial charge in [-0.1, -0.05) is 29.8 Å². The SMILES string of the molecule is CC1=CCc2ccc(C(=O)c3cc4cc(C)ccc4[nH]3)cc21. The van der Waals surface area contributed by atoms with Crippen LogP contribution in [0.3, 0.4) is 0 Å². The van der Waals surface area contributed by atoms with Gasteiger partial charge in [0, 0.05) is 16.5 Å². The van der Waals surface area contributed by atoms with E-state index in [1.54, 1.807) is 0 Å². The number of aromatic nitrogens is 1. The van der Waals surface area contributed by atoms with Crippen LogP contribution in [0.1, 0.15) is 39.7 Å². The molecule has 4 rings (SSSR count). The number of allylic oxidation sites excluding steroid dienone is 2. The molecular formula is C20H17NO. The van der Waals surface area contributed by atoms with E-state index >= 15 is 0 Å². The van der Waals surface area contributed by atoms with Crippen molar-refractivity contribution in [1.29, 1.82) is 0 Å². The van der Waals surface area contributed by atoms with Crippen molar-refractivity contribution in [2.75, 3.05) is 0 Å². The maximum atomic E-state index is 12.8. The minimum Gasteiger partial charge on any atom is -0.352 e. The van der Waals surface area contributed by atoms with Crippen LogP contribution in [-0.4, -0.2) is 10.8 Å². The molecule has 1 aliphatic rings. The second-order valence-corrected chi connectivity index (χ2v) is 6.07. The molecule has 2 aromatic carbocycles. The molecule has 22 heavy (non-hydrogen) atoms. The highest BCUT2D eigenvalue weighted by Gasteiger charge is 2.16. The van der Waals surface area contributed by atoms with Crippen LogP contribution in [0.15, 0.2) is 48.5 Å². The number of nitrogens with one attached hydrogen (secondary N) is 1. The zero-order valence-corrected chi connectivity index (χ0v) is 12.7. The summed E-state index contributed by atoms with van der Waals surface area (Å²) in [5, 5.41) is 1.08. The second-order valence-electron chi connectivity index (χ2n) is 6.07. The van der Waals surface area contributed by atoms with Crippen molar-refractivity contribution in [2.45, 2.75) is 20.3 Å². The first-order chi connectivity index (χ1) is 10.6. The van der Waals surface area contributed by atoms with E-state index < -0.39 is 0 Å². The van der Waals surface area contributed by atoms with E-state index in [4.69, 9.17) is 0 Å². The fraction of sp³-hybridized carbons (Fsp3) is 0.150. The summed E-state index contributed by atoms with van der Waals surface area (Å²) in [7, 11) is 0. The maximum Gasteiger partial charge on any atom is 0.209 e. The molecule has 0 atom stereocenters. The Morgan fingerprint density at radius 3 is 2.77 bits per heavy atom. The molecule has 0 saturated carbocycles. The van der Waals surface area contributed by atoms with Gasteiger partial charge in [-0.25, -0.2) is 0 Å². The number of carbonyl (C=O) groups is 1. The summed E-state index contributed by atoms with van der Waals surface area (Å²) < 4.78 is 0. The lowest BCUT2D eigenvalue weighted by atomic mass is 10.00. The van der Waals surface area contributed by atoms with Gasteiger partial charge in [0.05, 0.1) is 5.69 Å². The minimum atomic E-state index is 0.0522. The lowest BCUT2D eigenvalue weighted by Crippen LogP contribution is -2.02. The number of rotatable bonds is 2. The molecular weight excluding hydrogens is 270 g/mol. The first-order valence-corrected chi connectivity index (χ1v) is 7.56. The quantitative estimate of drug-likeness (QED) is 0.683. The molecule has 1 aromatic heterocycles. The molecule has 2 nitrogen and oxygen atoms in total. The topological polar surface area (TPSA) is 32.9 Å². The molecule has 3 aromatic rings. The molecule has 2 heteroatoms. The van der Waals surface area contributed by atoms with Crippen LogP contribution in [0.5, 0.6) is 0 Å². The summed E-state index contributed by atoms with van der Waals surface area (Å²) in [4.78, 5) is 16.0. The molecule has 0 bridgehead atoms. The van der Waals surface area contributed by atoms with Crippen LogP contribution in [0.4, 0.5) is 0 Å². The van der Waals surface area contributed by atoms with Crippen molar-refractivity contribution < 1.29 is 4.79 Å². The third kappa shape index (κ3) is 2.00. The first kappa shape index (κ1) is 13.1. The Balaban J connectivity index is 1.77. The Bertz CT molecular complexity index is 943. The Hall–Kier alpha value is -2.61. The third-order valence-corrected chi connectivity index (χ3v) is 4.45. The average molecular weight is 287 g/mol. The van der Waals surface area contributed by atoms with Gasteiger partial charge < -0.3 is 4.98 Å². The van der Waals surface area contributed by atoms with E-state index in [0.29, 0.717) is 5.69 Å². The van der Waals surface area contributed by atoms with E-state index in [2.05, 4.69) is 43.1 Å². The highest BCUT2D eigenvalue weighted by atomic mass is 16.1. The van der Waals surface area contributed by atoms with Crippen LogP contribution in [0, 0.1) is 6.92 Å². The molecule has 1 heterocycles. The van der Waals surface area contributed by atoms with Crippen molar-refractivity contribution in [3.63, 3.8) is 0 Å². The van der Waals surface area contributed by atoms with Crippen LogP contribution in [0.2, 0.25) is 0 Å². The molecule has 0 spiro atoms. The van der Waals surface area contributed by atoms with E-state index in [1.165, 1.54) is 22.3 Å². The summed E-state index contributed by atoms with van der Waals surface area (Å²) >= 11 is 0. The lowest BCUT2D eigenvalue weighted by molar-refractivity contribution is 0.103. The van der Waals surface area contributed by atoms with E-state index in [-0.39, 0.29) is 5.78 Å². The molecule has 0 aliphatic heterocycles. The standard InChI is InChI=1S/C20H17NO/c1-12-3-8-18-16(9-12)11-19(21-18)20(22)15-7-6-14-5-4-13(2)17(14)10-15/h3-4,6-11,21H,5H2,1-2H3. The van der Waals surface area contributed by atoms with Gasteiger partial charge in [-0.2, -0.15) is 0 Å². The highest BCUT2D eigenvalue weighted by Crippen LogP contribution is 2.28. The second kappa shape index (κ2) is 4.70. The fourth-order valence-corrected chi connectivity index (χ4v) is 3.17. The fourth-order valence-electron chi connectivity index (χ4n) is 3.17. The van der Waals surface area contributed by atoms with Gasteiger partial charge in [0.15, 0.2) is 0 Å². The maximum absolute atomic E-state index is 12.8. The Kier molecular flexibility index (Phi) is 2.80. The van der Waals surface area contributed by atoms with Gasteiger partial charge >= 0.3 is 0 Å². The lowest BCUT2D eigenvalue weighted by Gasteiger charge is -2.05. The number of aromatic amines is 1. The summed E-state index contributed by atoms with van der Waals surface area (Å²) in [6.45, 7) is 4.16. The summed E-state index contributed by atoms with van der Waals surface area (Å²) in [5.74, 6) is 0.0522. The number of fused-ring (bicyclic) bond motifs is 2. The first-order valence-electron chi connectivity index (χ1n) is 7.56. The monoisotopic (exact) mass is 287 g/mol. The van der Waals surface area contributed by atoms with Crippen LogP contribution in [0.25, 0.3) is 16.5 Å². The highest BCUT2D eigenvalue weighted by molar-refractivity contribution is 6.10. The molecule has 0 radical (unpaired) electrons. The van der Waals surface area contributed by atoms with Crippen molar-refractivity contribution in [3.05, 3.63) is 76.5 Å². The molecule has 108 valence electrons. The smallest absolute Gasteiger partial charge is 0.209 e. The number of hydrogen-bond donors (Lipinski definition) is 1. The number of ketones is 1. The van der Waals surface area contributed by atoms with Crippen LogP contribution >= 0.6 is 0 Å². The number of carbonyl (C=O) groups excluding carboxylic acids is 1. The summed E-state index contributed by atoms with van der Waals surface area (Å²) in [6.07, 6.45) is 3.19. The predicted octanol–water partition coefficient (Wildman–Crippen LogP) is 4.67. The van der Waals surface area contributed by atoms with Gasteiger partial charge in [-0.3, -0.25) is 4.79 Å². The van der Waals surface area contributed by atoms with Crippen molar-refractivity contribution >= 4 is 22.3 Å². The van der Waals surface area contributed by atoms with Crippen LogP contribution < -0.4 is 0 Å². The van der Waals surface area contributed by atoms with Crippen molar-refractivity contribution in [3.8, 4) is 0 Å². The van der Waals surface area contributed by atoms with Gasteiger partial charge in [-0.15, -0.1) is 0 Å². The van der Waals surface area contributed by atoms with Crippen LogP contribution in [-0.2, 0) is 6.42 Å². The van der Waals surface area contributed by atoms with E-state index in [1.807, 2.05) is 24.3 Å². The summed E-state index contributed by atoms with van der Waals surface area (Å²) in [6, 6.07) is 14.1. The number of aryl methyl sites for hydroxylation is 1. The molecule has 0 fully saturated rings. The van der Waals surface area contributed by atoms with Gasteiger partial charge in [-0.05, 0) is 61.2 Å². The summed E-state index contributed by atoms with van der Waals surface area (Å²) in [5.41, 5.74) is 7.38. The zero-order chi connectivity index (χ0) is 15.3. The van der Waals surface area contributed by atoms with Gasteiger partial charge in [0.25, 0.3) is 0 Å². The van der Waals surface area contributed by atoms with Gasteiger partial charge in [0.1, 0.15) is 0 Å². The molecule has 0 unspecified atom stereocenters. The Morgan fingerprint density at radius 2 is 1.91 bits per heavy atom. The number of H-pyrrole nitrogens is 1. The third-order valence-electron chi connectivity index (χ3n) is 4.45. The van der Waals surface area contributed by atoms with Crippen molar-refractivity contribution in [2.24, 2.45) is 0 Å². The van der Waals surface area contributed by atoms with Crippen molar-refractivity contribution in [1.82, 2.24) is 4.98 Å². The minimum absolute atomic E-state index is 0.0522. The Morgan fingerprint density at radius 1 is 1.05 bits per heavy atom. The average Bonchev–Trinajstić information content (AvgIpc) is 3.10. The van der Waals surface area contributed by atoms with E-state index in [9.17, 15) is 4.79 Å². The normalized spacial score (nSPS) is 13.3. The number of hydrogen-bond acceptors (Lipinski definition) is 1. The molecule has 0 saturated heterocycles. The van der Waals surface area contributed by atoms with Gasteiger partial charge in [0.2, 0.25) is 5.78 Å². The molecule has 0 amide bonds. The largest absolute Gasteiger partial charge is 0.352 e. The predicted molar refractivity (Wildman–Crippen MR) is 90.3 cm³/mol. The molecule has 1 N–H and O–H groups in total. The Labute approximate surface area is 129 Å². The number of benzene rings is 2. The molecule has 1 aliphatic carbocycles. The zero-order valence-electron chi connectivity index (χ0n) is 12.7. The van der Waals surface area contributed by atoms with E-state index in [0.717, 1.165) is 22.9 Å².